The molecule has 1 heterocycles. The minimum Gasteiger partial charge on any atom is -0.497 e. The third-order valence-electron chi connectivity index (χ3n) is 5.31. The van der Waals surface area contributed by atoms with Gasteiger partial charge >= 0.3 is 0 Å². The number of carbonyl (C=O) groups excluding carboxylic acids is 1. The fourth-order valence-electron chi connectivity index (χ4n) is 3.91. The van der Waals surface area contributed by atoms with Crippen LogP contribution < -0.4 is 4.74 Å². The Labute approximate surface area is 162 Å². The summed E-state index contributed by atoms with van der Waals surface area (Å²) in [4.78, 5) is 11.5. The molecule has 0 amide bonds. The third kappa shape index (κ3) is 4.24. The highest BCUT2D eigenvalue weighted by Crippen LogP contribution is 2.32. The van der Waals surface area contributed by atoms with Crippen molar-refractivity contribution in [2.24, 2.45) is 5.92 Å². The minimum atomic E-state index is 0.251. The molecule has 0 aliphatic heterocycles. The molecule has 0 N–H and O–H groups in total. The molecule has 0 spiro atoms. The van der Waals surface area contributed by atoms with Crippen molar-refractivity contribution >= 4 is 16.7 Å². The van der Waals surface area contributed by atoms with Crippen LogP contribution in [0.15, 0.2) is 42.5 Å². The highest BCUT2D eigenvalue weighted by atomic mass is 16.5. The summed E-state index contributed by atoms with van der Waals surface area (Å²) in [5.41, 5.74) is 6.38. The van der Waals surface area contributed by atoms with Crippen LogP contribution in [-0.2, 0) is 17.8 Å². The fourth-order valence-corrected chi connectivity index (χ4v) is 3.91. The van der Waals surface area contributed by atoms with Gasteiger partial charge in [0, 0.05) is 29.6 Å². The number of hydrogen-bond acceptors (Lipinski definition) is 2. The number of hydrogen-bond donors (Lipinski definition) is 0. The van der Waals surface area contributed by atoms with Crippen molar-refractivity contribution in [3.8, 4) is 5.75 Å². The van der Waals surface area contributed by atoms with Crippen molar-refractivity contribution in [1.29, 1.82) is 0 Å². The Bertz CT molecular complexity index is 951. The van der Waals surface area contributed by atoms with Crippen LogP contribution >= 0.6 is 0 Å². The number of Topliss-reactive ketones (excluding diaryl/α,β-unsaturated/α-hetero) is 1. The molecule has 0 bridgehead atoms. The molecule has 0 radical (unpaired) electrons. The van der Waals surface area contributed by atoms with Crippen LogP contribution in [0.25, 0.3) is 10.9 Å². The van der Waals surface area contributed by atoms with E-state index < -0.39 is 0 Å². The molecule has 0 saturated carbocycles. The van der Waals surface area contributed by atoms with Crippen molar-refractivity contribution in [1.82, 2.24) is 4.57 Å². The molecule has 0 aliphatic rings. The number of methoxy groups -OCH3 is 1. The summed E-state index contributed by atoms with van der Waals surface area (Å²) in [6.07, 6.45) is 1.52. The van der Waals surface area contributed by atoms with E-state index in [1.54, 1.807) is 14.0 Å². The molecule has 3 heteroatoms. The van der Waals surface area contributed by atoms with Gasteiger partial charge in [-0.05, 0) is 62.4 Å². The summed E-state index contributed by atoms with van der Waals surface area (Å²) in [6, 6.07) is 15.0. The number of fused-ring (bicyclic) bond motifs is 1. The molecule has 3 aromatic rings. The van der Waals surface area contributed by atoms with E-state index in [2.05, 4.69) is 61.7 Å². The quantitative estimate of drug-likeness (QED) is 0.557. The van der Waals surface area contributed by atoms with E-state index in [1.165, 1.54) is 33.3 Å². The van der Waals surface area contributed by atoms with Crippen LogP contribution in [0, 0.1) is 19.8 Å². The van der Waals surface area contributed by atoms with Gasteiger partial charge in [-0.1, -0.05) is 36.8 Å². The number of aromatic nitrogens is 1. The molecule has 0 fully saturated rings. The summed E-state index contributed by atoms with van der Waals surface area (Å²) in [6.45, 7) is 8.98. The molecule has 3 rings (SSSR count). The van der Waals surface area contributed by atoms with Crippen molar-refractivity contribution < 1.29 is 9.53 Å². The molecule has 3 nitrogen and oxygen atoms in total. The molecule has 142 valence electrons. The highest BCUT2D eigenvalue weighted by Gasteiger charge is 2.18. The van der Waals surface area contributed by atoms with Crippen molar-refractivity contribution in [2.75, 3.05) is 7.11 Å². The average molecular weight is 364 g/mol. The Kier molecular flexibility index (Phi) is 5.69. The summed E-state index contributed by atoms with van der Waals surface area (Å²) in [5.74, 6) is 1.45. The molecule has 0 unspecified atom stereocenters. The standard InChI is InChI=1S/C24H29NO2/c1-16-6-8-20(9-7-16)15-25-19(4)22(13-17(2)12-18(3)26)23-14-21(27-5)10-11-24(23)25/h6-11,14,17H,12-13,15H2,1-5H3/t17-/m0/s1. The SMILES string of the molecule is COc1ccc2c(c1)c(C[C@@H](C)CC(C)=O)c(C)n2Cc1ccc(C)cc1. The Hall–Kier alpha value is -2.55. The lowest BCUT2D eigenvalue weighted by Gasteiger charge is -2.12. The predicted octanol–water partition coefficient (Wildman–Crippen LogP) is 5.47. The summed E-state index contributed by atoms with van der Waals surface area (Å²) in [7, 11) is 1.70. The van der Waals surface area contributed by atoms with Gasteiger partial charge in [0.15, 0.2) is 0 Å². The van der Waals surface area contributed by atoms with Crippen LogP contribution in [0.1, 0.15) is 42.7 Å². The zero-order valence-corrected chi connectivity index (χ0v) is 17.0. The van der Waals surface area contributed by atoms with E-state index in [0.29, 0.717) is 12.3 Å². The molecule has 1 aromatic heterocycles. The lowest BCUT2D eigenvalue weighted by molar-refractivity contribution is -0.117. The minimum absolute atomic E-state index is 0.251. The maximum absolute atomic E-state index is 11.5. The number of ether oxygens (including phenoxy) is 1. The second-order valence-electron chi connectivity index (χ2n) is 7.73. The Balaban J connectivity index is 2.06. The zero-order valence-electron chi connectivity index (χ0n) is 17.0. The Morgan fingerprint density at radius 3 is 2.44 bits per heavy atom. The highest BCUT2D eigenvalue weighted by molar-refractivity contribution is 5.87. The van der Waals surface area contributed by atoms with Crippen LogP contribution in [0.2, 0.25) is 0 Å². The van der Waals surface area contributed by atoms with Crippen LogP contribution in [0.4, 0.5) is 0 Å². The van der Waals surface area contributed by atoms with E-state index in [-0.39, 0.29) is 5.78 Å². The lowest BCUT2D eigenvalue weighted by Crippen LogP contribution is -2.07. The lowest BCUT2D eigenvalue weighted by atomic mass is 9.94. The van der Waals surface area contributed by atoms with Gasteiger partial charge in [-0.15, -0.1) is 0 Å². The molecule has 27 heavy (non-hydrogen) atoms. The molecule has 0 saturated heterocycles. The van der Waals surface area contributed by atoms with Gasteiger partial charge < -0.3 is 14.1 Å². The topological polar surface area (TPSA) is 31.2 Å². The van der Waals surface area contributed by atoms with Gasteiger partial charge in [0.2, 0.25) is 0 Å². The number of nitrogens with zero attached hydrogens (tertiary/aromatic N) is 1. The van der Waals surface area contributed by atoms with E-state index in [4.69, 9.17) is 4.74 Å². The smallest absolute Gasteiger partial charge is 0.130 e. The molecular formula is C24H29NO2. The summed E-state index contributed by atoms with van der Waals surface area (Å²) in [5, 5.41) is 1.23. The second-order valence-corrected chi connectivity index (χ2v) is 7.73. The van der Waals surface area contributed by atoms with Gasteiger partial charge in [0.05, 0.1) is 7.11 Å². The number of ketones is 1. The maximum Gasteiger partial charge on any atom is 0.130 e. The van der Waals surface area contributed by atoms with E-state index >= 15 is 0 Å². The number of rotatable bonds is 7. The van der Waals surface area contributed by atoms with Gasteiger partial charge in [-0.3, -0.25) is 0 Å². The first-order valence-electron chi connectivity index (χ1n) is 9.59. The van der Waals surface area contributed by atoms with E-state index in [0.717, 1.165) is 18.7 Å². The molecule has 1 atom stereocenters. The average Bonchev–Trinajstić information content (AvgIpc) is 2.88. The number of carbonyl (C=O) groups is 1. The van der Waals surface area contributed by atoms with Crippen molar-refractivity contribution in [2.45, 2.75) is 47.1 Å². The maximum atomic E-state index is 11.5. The zero-order chi connectivity index (χ0) is 19.6. The van der Waals surface area contributed by atoms with Gasteiger partial charge in [-0.2, -0.15) is 0 Å². The molecule has 2 aromatic carbocycles. The molecule has 0 aliphatic carbocycles. The van der Waals surface area contributed by atoms with Crippen molar-refractivity contribution in [3.63, 3.8) is 0 Å². The van der Waals surface area contributed by atoms with Crippen molar-refractivity contribution in [3.05, 3.63) is 64.8 Å². The first-order chi connectivity index (χ1) is 12.9. The summed E-state index contributed by atoms with van der Waals surface area (Å²) < 4.78 is 7.85. The Morgan fingerprint density at radius 2 is 1.81 bits per heavy atom. The monoisotopic (exact) mass is 363 g/mol. The van der Waals surface area contributed by atoms with Gasteiger partial charge in [0.1, 0.15) is 11.5 Å². The van der Waals surface area contributed by atoms with Crippen LogP contribution in [0.5, 0.6) is 5.75 Å². The predicted molar refractivity (Wildman–Crippen MR) is 112 cm³/mol. The fraction of sp³-hybridized carbons (Fsp3) is 0.375. The largest absolute Gasteiger partial charge is 0.497 e. The van der Waals surface area contributed by atoms with Gasteiger partial charge in [-0.25, -0.2) is 0 Å². The first-order valence-corrected chi connectivity index (χ1v) is 9.59. The van der Waals surface area contributed by atoms with Gasteiger partial charge in [0.25, 0.3) is 0 Å². The van der Waals surface area contributed by atoms with E-state index in [1.807, 2.05) is 6.07 Å². The first kappa shape index (κ1) is 19.2. The van der Waals surface area contributed by atoms with Crippen LogP contribution in [0.3, 0.4) is 0 Å². The Morgan fingerprint density at radius 1 is 1.11 bits per heavy atom. The summed E-state index contributed by atoms with van der Waals surface area (Å²) >= 11 is 0. The normalized spacial score (nSPS) is 12.3. The number of aryl methyl sites for hydroxylation is 1. The second kappa shape index (κ2) is 7.99. The van der Waals surface area contributed by atoms with Crippen LogP contribution in [-0.4, -0.2) is 17.5 Å². The van der Waals surface area contributed by atoms with E-state index in [9.17, 15) is 4.79 Å². The number of benzene rings is 2. The molecular weight excluding hydrogens is 334 g/mol. The third-order valence-corrected chi connectivity index (χ3v) is 5.31.